The Balaban J connectivity index is 1.42. The normalized spacial score (nSPS) is 24.1. The van der Waals surface area contributed by atoms with Crippen LogP contribution in [0.1, 0.15) is 19.3 Å². The van der Waals surface area contributed by atoms with E-state index in [0.29, 0.717) is 31.0 Å². The van der Waals surface area contributed by atoms with Gasteiger partial charge >= 0.3 is 6.03 Å². The minimum absolute atomic E-state index is 0.193. The third-order valence-corrected chi connectivity index (χ3v) is 7.23. The van der Waals surface area contributed by atoms with Crippen molar-refractivity contribution in [2.24, 2.45) is 5.41 Å². The zero-order valence-corrected chi connectivity index (χ0v) is 15.8. The van der Waals surface area contributed by atoms with Crippen molar-refractivity contribution in [3.8, 4) is 11.4 Å². The Kier molecular flexibility index (Phi) is 4.59. The molecule has 0 bridgehead atoms. The fourth-order valence-corrected chi connectivity index (χ4v) is 6.22. The first-order valence-electron chi connectivity index (χ1n) is 9.09. The summed E-state index contributed by atoms with van der Waals surface area (Å²) in [5, 5.41) is 2.83. The van der Waals surface area contributed by atoms with Crippen molar-refractivity contribution in [2.75, 3.05) is 29.9 Å². The molecule has 1 aromatic carbocycles. The van der Waals surface area contributed by atoms with Crippen LogP contribution < -0.4 is 5.32 Å². The third kappa shape index (κ3) is 3.95. The number of likely N-dealkylation sites (tertiary alicyclic amines) is 1. The number of piperidine rings is 1. The number of nitrogens with zero attached hydrogens (tertiary/aromatic N) is 3. The van der Waals surface area contributed by atoms with E-state index < -0.39 is 9.84 Å². The van der Waals surface area contributed by atoms with Gasteiger partial charge in [0.05, 0.1) is 29.6 Å². The molecule has 2 aromatic rings. The van der Waals surface area contributed by atoms with Gasteiger partial charge in [0, 0.05) is 24.1 Å². The summed E-state index contributed by atoms with van der Waals surface area (Å²) in [4.78, 5) is 23.0. The predicted octanol–water partition coefficient (Wildman–Crippen LogP) is 2.58. The van der Waals surface area contributed by atoms with E-state index >= 15 is 0 Å². The molecule has 1 spiro atoms. The number of hydrogen-bond donors (Lipinski definition) is 1. The molecule has 2 saturated heterocycles. The lowest BCUT2D eigenvalue weighted by Crippen LogP contribution is -2.48. The number of carbonyl (C=O) groups is 1. The number of sulfone groups is 1. The van der Waals surface area contributed by atoms with Crippen molar-refractivity contribution in [3.05, 3.63) is 42.7 Å². The minimum Gasteiger partial charge on any atom is -0.324 e. The van der Waals surface area contributed by atoms with Crippen LogP contribution in [0.3, 0.4) is 0 Å². The smallest absolute Gasteiger partial charge is 0.321 e. The molecule has 2 aliphatic heterocycles. The largest absolute Gasteiger partial charge is 0.324 e. The van der Waals surface area contributed by atoms with Crippen LogP contribution >= 0.6 is 0 Å². The van der Waals surface area contributed by atoms with E-state index in [-0.39, 0.29) is 23.0 Å². The van der Waals surface area contributed by atoms with Gasteiger partial charge in [-0.3, -0.25) is 0 Å². The molecule has 1 aromatic heterocycles. The summed E-state index contributed by atoms with van der Waals surface area (Å²) in [6.07, 6.45) is 5.52. The highest BCUT2D eigenvalue weighted by Crippen LogP contribution is 2.40. The Hall–Kier alpha value is -2.48. The van der Waals surface area contributed by atoms with Crippen LogP contribution in [0.4, 0.5) is 10.5 Å². The highest BCUT2D eigenvalue weighted by molar-refractivity contribution is 7.91. The highest BCUT2D eigenvalue weighted by atomic mass is 32.2. The van der Waals surface area contributed by atoms with Gasteiger partial charge in [-0.25, -0.2) is 23.2 Å². The Morgan fingerprint density at radius 2 is 1.85 bits per heavy atom. The molecule has 2 aliphatic rings. The molecule has 0 radical (unpaired) electrons. The molecule has 0 saturated carbocycles. The summed E-state index contributed by atoms with van der Waals surface area (Å²) in [6, 6.07) is 9.40. The maximum Gasteiger partial charge on any atom is 0.321 e. The molecule has 142 valence electrons. The zero-order valence-electron chi connectivity index (χ0n) is 15.0. The van der Waals surface area contributed by atoms with E-state index in [1.54, 1.807) is 17.3 Å². The molecule has 2 amide bonds. The fourth-order valence-electron chi connectivity index (χ4n) is 4.02. The monoisotopic (exact) mass is 386 g/mol. The lowest BCUT2D eigenvalue weighted by Gasteiger charge is -2.39. The number of carbonyl (C=O) groups excluding carboxylic acids is 1. The summed E-state index contributed by atoms with van der Waals surface area (Å²) in [5.74, 6) is 1.03. The van der Waals surface area contributed by atoms with Crippen molar-refractivity contribution in [2.45, 2.75) is 19.3 Å². The Morgan fingerprint density at radius 3 is 2.52 bits per heavy atom. The number of amides is 2. The van der Waals surface area contributed by atoms with E-state index in [2.05, 4.69) is 15.3 Å². The average Bonchev–Trinajstić information content (AvgIpc) is 2.97. The lowest BCUT2D eigenvalue weighted by atomic mass is 9.80. The average molecular weight is 386 g/mol. The quantitative estimate of drug-likeness (QED) is 0.856. The second-order valence-corrected chi connectivity index (χ2v) is 9.64. The minimum atomic E-state index is -2.97. The Labute approximate surface area is 158 Å². The number of anilines is 1. The molecule has 3 heterocycles. The molecule has 1 atom stereocenters. The summed E-state index contributed by atoms with van der Waals surface area (Å²) < 4.78 is 23.8. The van der Waals surface area contributed by atoms with Crippen molar-refractivity contribution in [1.29, 1.82) is 0 Å². The van der Waals surface area contributed by atoms with Gasteiger partial charge in [-0.2, -0.15) is 0 Å². The highest BCUT2D eigenvalue weighted by Gasteiger charge is 2.45. The Morgan fingerprint density at radius 1 is 1.11 bits per heavy atom. The van der Waals surface area contributed by atoms with Crippen LogP contribution in [0.15, 0.2) is 42.7 Å². The fraction of sp³-hybridized carbons (Fsp3) is 0.421. The second kappa shape index (κ2) is 6.92. The van der Waals surface area contributed by atoms with Crippen LogP contribution in [0.5, 0.6) is 0 Å². The van der Waals surface area contributed by atoms with Gasteiger partial charge < -0.3 is 10.2 Å². The maximum absolute atomic E-state index is 12.6. The van der Waals surface area contributed by atoms with Crippen LogP contribution in [0.25, 0.3) is 11.4 Å². The first-order valence-corrected chi connectivity index (χ1v) is 10.9. The van der Waals surface area contributed by atoms with E-state index in [1.165, 1.54) is 0 Å². The SMILES string of the molecule is O=C(Nc1cnc(-c2ccccc2)nc1)N1CCC[C@]2(CCS(=O)(=O)C2)C1. The van der Waals surface area contributed by atoms with Gasteiger partial charge in [-0.1, -0.05) is 30.3 Å². The number of hydrogen-bond acceptors (Lipinski definition) is 5. The summed E-state index contributed by atoms with van der Waals surface area (Å²) >= 11 is 0. The van der Waals surface area contributed by atoms with Crippen LogP contribution in [0.2, 0.25) is 0 Å². The molecule has 27 heavy (non-hydrogen) atoms. The number of urea groups is 1. The van der Waals surface area contributed by atoms with E-state index in [0.717, 1.165) is 18.4 Å². The number of aromatic nitrogens is 2. The van der Waals surface area contributed by atoms with E-state index in [4.69, 9.17) is 0 Å². The zero-order chi connectivity index (χ0) is 18.9. The van der Waals surface area contributed by atoms with Crippen molar-refractivity contribution < 1.29 is 13.2 Å². The molecular formula is C19H22N4O3S. The van der Waals surface area contributed by atoms with Gasteiger partial charge in [-0.15, -0.1) is 0 Å². The summed E-state index contributed by atoms with van der Waals surface area (Å²) in [5.41, 5.74) is 1.16. The van der Waals surface area contributed by atoms with Gasteiger partial charge in [0.2, 0.25) is 0 Å². The number of benzene rings is 1. The molecule has 0 aliphatic carbocycles. The van der Waals surface area contributed by atoms with Crippen molar-refractivity contribution >= 4 is 21.6 Å². The maximum atomic E-state index is 12.6. The van der Waals surface area contributed by atoms with Crippen LogP contribution in [-0.2, 0) is 9.84 Å². The Bertz CT molecular complexity index is 931. The molecule has 1 N–H and O–H groups in total. The summed E-state index contributed by atoms with van der Waals surface area (Å²) in [6.45, 7) is 1.12. The standard InChI is InChI=1S/C19H22N4O3S/c24-18(23-9-4-7-19(13-23)8-10-27(25,26)14-19)22-16-11-20-17(21-12-16)15-5-2-1-3-6-15/h1-3,5-6,11-12H,4,7-10,13-14H2,(H,22,24)/t19-/m0/s1. The lowest BCUT2D eigenvalue weighted by molar-refractivity contribution is 0.130. The molecular weight excluding hydrogens is 364 g/mol. The van der Waals surface area contributed by atoms with Crippen LogP contribution in [-0.4, -0.2) is 53.9 Å². The van der Waals surface area contributed by atoms with Gasteiger partial charge in [-0.05, 0) is 19.3 Å². The van der Waals surface area contributed by atoms with Crippen LogP contribution in [0, 0.1) is 5.41 Å². The summed E-state index contributed by atoms with van der Waals surface area (Å²) in [7, 11) is -2.97. The molecule has 2 fully saturated rings. The first kappa shape index (κ1) is 17.9. The molecule has 7 nitrogen and oxygen atoms in total. The van der Waals surface area contributed by atoms with E-state index in [9.17, 15) is 13.2 Å². The molecule has 4 rings (SSSR count). The van der Waals surface area contributed by atoms with Crippen molar-refractivity contribution in [1.82, 2.24) is 14.9 Å². The predicted molar refractivity (Wildman–Crippen MR) is 103 cm³/mol. The van der Waals surface area contributed by atoms with Gasteiger partial charge in [0.25, 0.3) is 0 Å². The van der Waals surface area contributed by atoms with Gasteiger partial charge in [0.1, 0.15) is 0 Å². The second-order valence-electron chi connectivity index (χ2n) is 7.46. The molecule has 8 heteroatoms. The number of nitrogens with one attached hydrogen (secondary N) is 1. The number of rotatable bonds is 2. The van der Waals surface area contributed by atoms with E-state index in [1.807, 2.05) is 30.3 Å². The third-order valence-electron chi connectivity index (χ3n) is 5.35. The van der Waals surface area contributed by atoms with Gasteiger partial charge in [0.15, 0.2) is 15.7 Å². The topological polar surface area (TPSA) is 92.3 Å². The van der Waals surface area contributed by atoms with Crippen molar-refractivity contribution in [3.63, 3.8) is 0 Å². The molecule has 0 unspecified atom stereocenters. The first-order chi connectivity index (χ1) is 12.9.